The molecule has 3 aromatic heterocycles. The lowest BCUT2D eigenvalue weighted by atomic mass is 10.2. The van der Waals surface area contributed by atoms with E-state index in [2.05, 4.69) is 52.7 Å². The van der Waals surface area contributed by atoms with Crippen LogP contribution in [0.5, 0.6) is 0 Å². The predicted octanol–water partition coefficient (Wildman–Crippen LogP) is 4.10. The van der Waals surface area contributed by atoms with Crippen LogP contribution in [0.4, 0.5) is 5.82 Å². The molecule has 1 atom stereocenters. The molecule has 0 radical (unpaired) electrons. The number of nitrogens with one attached hydrogen (secondary N) is 1. The van der Waals surface area contributed by atoms with Crippen LogP contribution in [-0.2, 0) is 6.42 Å². The minimum absolute atomic E-state index is 0.358. The van der Waals surface area contributed by atoms with Gasteiger partial charge in [-0.3, -0.25) is 0 Å². The number of thiophene rings is 2. The zero-order chi connectivity index (χ0) is 13.2. The molecule has 0 fully saturated rings. The van der Waals surface area contributed by atoms with Gasteiger partial charge in [0.15, 0.2) is 0 Å². The highest BCUT2D eigenvalue weighted by Crippen LogP contribution is 2.28. The van der Waals surface area contributed by atoms with Crippen molar-refractivity contribution in [2.24, 2.45) is 0 Å². The molecule has 98 valence electrons. The third-order valence-corrected chi connectivity index (χ3v) is 4.78. The Morgan fingerprint density at radius 1 is 1.37 bits per heavy atom. The number of aryl methyl sites for hydroxylation is 1. The van der Waals surface area contributed by atoms with Crippen molar-refractivity contribution in [3.05, 3.63) is 39.7 Å². The Bertz CT molecular complexity index is 673. The summed E-state index contributed by atoms with van der Waals surface area (Å²) >= 11 is 3.51. The van der Waals surface area contributed by atoms with Gasteiger partial charge in [-0.25, -0.2) is 9.97 Å². The Balaban J connectivity index is 1.81. The Labute approximate surface area is 120 Å². The molecule has 0 aliphatic rings. The fourth-order valence-electron chi connectivity index (χ4n) is 2.11. The molecule has 0 saturated heterocycles. The maximum atomic E-state index is 4.38. The van der Waals surface area contributed by atoms with E-state index >= 15 is 0 Å². The minimum atomic E-state index is 0.358. The number of hydrogen-bond donors (Lipinski definition) is 1. The fraction of sp³-hybridized carbons (Fsp3) is 0.286. The van der Waals surface area contributed by atoms with Gasteiger partial charge in [0.2, 0.25) is 0 Å². The van der Waals surface area contributed by atoms with Crippen LogP contribution in [0.1, 0.15) is 16.7 Å². The van der Waals surface area contributed by atoms with Crippen molar-refractivity contribution in [1.82, 2.24) is 9.97 Å². The molecule has 19 heavy (non-hydrogen) atoms. The van der Waals surface area contributed by atoms with Crippen molar-refractivity contribution >= 4 is 38.7 Å². The first-order chi connectivity index (χ1) is 9.22. The van der Waals surface area contributed by atoms with E-state index in [0.717, 1.165) is 22.5 Å². The number of rotatable bonds is 4. The summed E-state index contributed by atoms with van der Waals surface area (Å²) in [5, 5.41) is 6.74. The van der Waals surface area contributed by atoms with Crippen molar-refractivity contribution in [1.29, 1.82) is 0 Å². The second-order valence-electron chi connectivity index (χ2n) is 4.63. The Morgan fingerprint density at radius 3 is 3.05 bits per heavy atom. The van der Waals surface area contributed by atoms with E-state index < -0.39 is 0 Å². The topological polar surface area (TPSA) is 37.8 Å². The van der Waals surface area contributed by atoms with Crippen LogP contribution in [0.15, 0.2) is 29.9 Å². The average molecular weight is 289 g/mol. The number of hydrogen-bond acceptors (Lipinski definition) is 5. The van der Waals surface area contributed by atoms with Crippen LogP contribution in [0.25, 0.3) is 10.2 Å². The maximum Gasteiger partial charge on any atom is 0.138 e. The largest absolute Gasteiger partial charge is 0.367 e. The highest BCUT2D eigenvalue weighted by Gasteiger charge is 2.10. The Morgan fingerprint density at radius 2 is 2.26 bits per heavy atom. The number of aromatic nitrogens is 2. The number of anilines is 1. The molecule has 3 nitrogen and oxygen atoms in total. The molecule has 0 aromatic carbocycles. The molecule has 0 amide bonds. The summed E-state index contributed by atoms with van der Waals surface area (Å²) in [6, 6.07) is 6.78. The van der Waals surface area contributed by atoms with Gasteiger partial charge in [-0.15, -0.1) is 22.7 Å². The summed E-state index contributed by atoms with van der Waals surface area (Å²) in [4.78, 5) is 12.4. The van der Waals surface area contributed by atoms with Crippen LogP contribution < -0.4 is 5.32 Å². The minimum Gasteiger partial charge on any atom is -0.367 e. The van der Waals surface area contributed by atoms with E-state index in [9.17, 15) is 0 Å². The highest BCUT2D eigenvalue weighted by atomic mass is 32.1. The zero-order valence-electron chi connectivity index (χ0n) is 10.9. The quantitative estimate of drug-likeness (QED) is 0.785. The molecule has 0 saturated carbocycles. The molecule has 3 heterocycles. The molecule has 0 aliphatic heterocycles. The monoisotopic (exact) mass is 289 g/mol. The van der Waals surface area contributed by atoms with Gasteiger partial charge in [-0.05, 0) is 31.4 Å². The third-order valence-electron chi connectivity index (χ3n) is 2.92. The number of nitrogens with zero attached hydrogens (tertiary/aromatic N) is 2. The SMILES string of the molecule is Cc1cc2c(NC(C)Cc3cccs3)ncnc2s1. The van der Waals surface area contributed by atoms with Crippen LogP contribution in [0, 0.1) is 6.92 Å². The van der Waals surface area contributed by atoms with Crippen molar-refractivity contribution in [2.75, 3.05) is 5.32 Å². The van der Waals surface area contributed by atoms with Crippen LogP contribution in [0.3, 0.4) is 0 Å². The summed E-state index contributed by atoms with van der Waals surface area (Å²) in [5.41, 5.74) is 0. The van der Waals surface area contributed by atoms with Gasteiger partial charge in [-0.2, -0.15) is 0 Å². The second kappa shape index (κ2) is 5.27. The average Bonchev–Trinajstić information content (AvgIpc) is 2.97. The molecule has 0 spiro atoms. The van der Waals surface area contributed by atoms with E-state index in [4.69, 9.17) is 0 Å². The van der Waals surface area contributed by atoms with Gasteiger partial charge in [0.1, 0.15) is 17.0 Å². The molecular formula is C14H15N3S2. The van der Waals surface area contributed by atoms with E-state index in [1.165, 1.54) is 9.75 Å². The van der Waals surface area contributed by atoms with Crippen molar-refractivity contribution in [3.8, 4) is 0 Å². The molecule has 0 bridgehead atoms. The standard InChI is InChI=1S/C14H15N3S2/c1-9(6-11-4-3-5-18-11)17-13-12-7-10(2)19-14(12)16-8-15-13/h3-5,7-9H,6H2,1-2H3,(H,15,16,17). The highest BCUT2D eigenvalue weighted by molar-refractivity contribution is 7.18. The summed E-state index contributed by atoms with van der Waals surface area (Å²) in [5.74, 6) is 0.943. The molecule has 3 aromatic rings. The number of fused-ring (bicyclic) bond motifs is 1. The lowest BCUT2D eigenvalue weighted by Crippen LogP contribution is -2.18. The second-order valence-corrected chi connectivity index (χ2v) is 6.89. The first-order valence-electron chi connectivity index (χ1n) is 6.22. The summed E-state index contributed by atoms with van der Waals surface area (Å²) < 4.78 is 0. The Hall–Kier alpha value is -1.46. The van der Waals surface area contributed by atoms with Crippen LogP contribution >= 0.6 is 22.7 Å². The van der Waals surface area contributed by atoms with Crippen LogP contribution in [-0.4, -0.2) is 16.0 Å². The molecular weight excluding hydrogens is 274 g/mol. The van der Waals surface area contributed by atoms with Crippen LogP contribution in [0.2, 0.25) is 0 Å². The van der Waals surface area contributed by atoms with Gasteiger partial charge in [0.05, 0.1) is 5.39 Å². The predicted molar refractivity (Wildman–Crippen MR) is 83.3 cm³/mol. The van der Waals surface area contributed by atoms with Crippen molar-refractivity contribution < 1.29 is 0 Å². The molecule has 5 heteroatoms. The Kier molecular flexibility index (Phi) is 3.48. The van der Waals surface area contributed by atoms with Gasteiger partial charge < -0.3 is 5.32 Å². The lowest BCUT2D eigenvalue weighted by Gasteiger charge is -2.13. The smallest absolute Gasteiger partial charge is 0.138 e. The molecule has 3 rings (SSSR count). The fourth-order valence-corrected chi connectivity index (χ4v) is 3.79. The first kappa shape index (κ1) is 12.6. The summed E-state index contributed by atoms with van der Waals surface area (Å²) in [6.07, 6.45) is 2.66. The molecule has 1 unspecified atom stereocenters. The normalized spacial score (nSPS) is 12.7. The van der Waals surface area contributed by atoms with Gasteiger partial charge in [-0.1, -0.05) is 6.07 Å². The molecule has 1 N–H and O–H groups in total. The zero-order valence-corrected chi connectivity index (χ0v) is 12.5. The van der Waals surface area contributed by atoms with E-state index in [1.54, 1.807) is 29.0 Å². The van der Waals surface area contributed by atoms with Crippen molar-refractivity contribution in [2.45, 2.75) is 26.3 Å². The van der Waals surface area contributed by atoms with E-state index in [0.29, 0.717) is 6.04 Å². The molecule has 0 aliphatic carbocycles. The maximum absolute atomic E-state index is 4.38. The summed E-state index contributed by atoms with van der Waals surface area (Å²) in [6.45, 7) is 4.29. The van der Waals surface area contributed by atoms with Gasteiger partial charge in [0, 0.05) is 22.2 Å². The summed E-state index contributed by atoms with van der Waals surface area (Å²) in [7, 11) is 0. The third kappa shape index (κ3) is 2.77. The first-order valence-corrected chi connectivity index (χ1v) is 7.92. The van der Waals surface area contributed by atoms with Gasteiger partial charge in [0.25, 0.3) is 0 Å². The van der Waals surface area contributed by atoms with Gasteiger partial charge >= 0.3 is 0 Å². The van der Waals surface area contributed by atoms with E-state index in [1.807, 2.05) is 0 Å². The lowest BCUT2D eigenvalue weighted by molar-refractivity contribution is 0.795. The van der Waals surface area contributed by atoms with Crippen molar-refractivity contribution in [3.63, 3.8) is 0 Å². The van der Waals surface area contributed by atoms with E-state index in [-0.39, 0.29) is 0 Å².